The quantitative estimate of drug-likeness (QED) is 0.226. The number of nitrogens with one attached hydrogen (secondary N) is 2. The molecular formula is C44H50N4O6. The smallest absolute Gasteiger partial charge is 0.375 e. The third kappa shape index (κ3) is 5.54. The Labute approximate surface area is 316 Å². The van der Waals surface area contributed by atoms with Gasteiger partial charge in [-0.05, 0) is 110 Å². The Kier molecular flexibility index (Phi) is 8.41. The Balaban J connectivity index is 0.986. The van der Waals surface area contributed by atoms with Gasteiger partial charge in [-0.25, -0.2) is 9.48 Å². The lowest BCUT2D eigenvalue weighted by molar-refractivity contribution is -0.182. The van der Waals surface area contributed by atoms with Crippen LogP contribution in [0.25, 0.3) is 11.8 Å². The van der Waals surface area contributed by atoms with Crippen LogP contribution in [-0.4, -0.2) is 50.4 Å². The number of nitrogens with zero attached hydrogens (tertiary/aromatic N) is 2. The van der Waals surface area contributed by atoms with E-state index in [1.165, 1.54) is 11.8 Å². The molecule has 9 rings (SSSR count). The number of carbonyl (C=O) groups is 3. The first-order chi connectivity index (χ1) is 26.0. The molecule has 9 unspecified atom stereocenters. The normalized spacial score (nSPS) is 35.0. The summed E-state index contributed by atoms with van der Waals surface area (Å²) in [6.07, 6.45) is 17.3. The van der Waals surface area contributed by atoms with Gasteiger partial charge in [0.15, 0.2) is 5.60 Å². The first-order valence-electron chi connectivity index (χ1n) is 19.8. The van der Waals surface area contributed by atoms with E-state index in [1.807, 2.05) is 41.2 Å². The molecule has 3 aromatic rings. The van der Waals surface area contributed by atoms with Crippen molar-refractivity contribution in [3.05, 3.63) is 101 Å². The van der Waals surface area contributed by atoms with Crippen molar-refractivity contribution < 1.29 is 28.6 Å². The predicted molar refractivity (Wildman–Crippen MR) is 202 cm³/mol. The lowest BCUT2D eigenvalue weighted by atomic mass is 9.45. The lowest BCUT2D eigenvalue weighted by Crippen LogP contribution is -2.64. The van der Waals surface area contributed by atoms with E-state index in [1.54, 1.807) is 12.1 Å². The molecule has 282 valence electrons. The van der Waals surface area contributed by atoms with Crippen LogP contribution in [-0.2, 0) is 27.3 Å². The van der Waals surface area contributed by atoms with Crippen LogP contribution in [0.15, 0.2) is 83.1 Å². The number of furan rings is 1. The maximum absolute atomic E-state index is 14.5. The second-order valence-corrected chi connectivity index (χ2v) is 17.3. The van der Waals surface area contributed by atoms with Gasteiger partial charge in [-0.1, -0.05) is 68.8 Å². The second-order valence-electron chi connectivity index (χ2n) is 17.3. The van der Waals surface area contributed by atoms with E-state index in [0.717, 1.165) is 54.6 Å². The van der Waals surface area contributed by atoms with Gasteiger partial charge in [0.1, 0.15) is 0 Å². The number of aliphatic hydroxyl groups is 1. The molecule has 54 heavy (non-hydrogen) atoms. The maximum atomic E-state index is 14.5. The van der Waals surface area contributed by atoms with Crippen molar-refractivity contribution in [2.45, 2.75) is 96.4 Å². The molecule has 10 heteroatoms. The number of ether oxygens (including phenoxy) is 1. The van der Waals surface area contributed by atoms with E-state index in [4.69, 9.17) is 14.3 Å². The van der Waals surface area contributed by atoms with Crippen LogP contribution in [0.2, 0.25) is 0 Å². The molecule has 3 N–H and O–H groups in total. The number of hydrogen-bond donors (Lipinski definition) is 3. The summed E-state index contributed by atoms with van der Waals surface area (Å²) in [5, 5.41) is 23.6. The van der Waals surface area contributed by atoms with Crippen molar-refractivity contribution in [3.8, 4) is 0 Å². The minimum atomic E-state index is -1.47. The number of hydrogen-bond acceptors (Lipinski definition) is 7. The summed E-state index contributed by atoms with van der Waals surface area (Å²) in [5.74, 6) is -0.304. The molecule has 6 aliphatic rings. The zero-order chi connectivity index (χ0) is 37.4. The Morgan fingerprint density at radius 3 is 2.63 bits per heavy atom. The van der Waals surface area contributed by atoms with Crippen LogP contribution in [0.1, 0.15) is 93.1 Å². The predicted octanol–water partition coefficient (Wildman–Crippen LogP) is 6.48. The number of rotatable bonds is 8. The molecule has 4 saturated carbocycles. The number of esters is 1. The third-order valence-corrected chi connectivity index (χ3v) is 14.2. The maximum Gasteiger partial charge on any atom is 0.375 e. The van der Waals surface area contributed by atoms with Crippen molar-refractivity contribution in [1.82, 2.24) is 20.4 Å². The standard InChI is InChI=1S/C44H50N4O6/c1-26-20-31(14-16-34(26)47-39(50)28-11-12-28)48-35-21-30-13-15-32-33-17-18-44(54-40(51)37-10-7-19-53-37,41(52)45-24-27-8-5-4-6-9-27)43(33,3)23-36(49)38(32)42(30,2)22-29(35)25-46-48/h4-10,14,16,19-21,25-26,28,32-34,36,38,49H,11-13,15,17-18,22-24H2,1-3H3,(H,45,52)(H,47,50). The van der Waals surface area contributed by atoms with Crippen LogP contribution < -0.4 is 10.6 Å². The Morgan fingerprint density at radius 2 is 1.89 bits per heavy atom. The van der Waals surface area contributed by atoms with Gasteiger partial charge in [-0.2, -0.15) is 5.10 Å². The highest BCUT2D eigenvalue weighted by Gasteiger charge is 2.71. The van der Waals surface area contributed by atoms with E-state index < -0.39 is 23.1 Å². The Morgan fingerprint density at radius 1 is 1.07 bits per heavy atom. The van der Waals surface area contributed by atoms with Crippen molar-refractivity contribution in [3.63, 3.8) is 0 Å². The molecule has 2 aromatic heterocycles. The Bertz CT molecular complexity index is 2060. The number of carbonyl (C=O) groups excluding carboxylic acids is 3. The number of amides is 2. The lowest BCUT2D eigenvalue weighted by Gasteiger charge is -2.60. The summed E-state index contributed by atoms with van der Waals surface area (Å²) >= 11 is 0. The van der Waals surface area contributed by atoms with Crippen molar-refractivity contribution in [1.29, 1.82) is 0 Å². The molecule has 0 spiro atoms. The van der Waals surface area contributed by atoms with Crippen molar-refractivity contribution >= 4 is 29.6 Å². The summed E-state index contributed by atoms with van der Waals surface area (Å²) in [7, 11) is 0. The Hall–Kier alpha value is -4.70. The molecule has 2 heterocycles. The molecular weight excluding hydrogens is 681 g/mol. The number of aromatic nitrogens is 2. The molecule has 0 radical (unpaired) electrons. The molecule has 0 bridgehead atoms. The highest BCUT2D eigenvalue weighted by molar-refractivity contribution is 5.93. The van der Waals surface area contributed by atoms with Gasteiger partial charge >= 0.3 is 5.97 Å². The van der Waals surface area contributed by atoms with E-state index >= 15 is 0 Å². The van der Waals surface area contributed by atoms with Crippen LogP contribution in [0.3, 0.4) is 0 Å². The molecule has 0 aliphatic heterocycles. The van der Waals surface area contributed by atoms with Gasteiger partial charge in [0, 0.05) is 23.8 Å². The van der Waals surface area contributed by atoms with Gasteiger partial charge in [0.05, 0.1) is 36.0 Å². The third-order valence-electron chi connectivity index (χ3n) is 14.2. The zero-order valence-corrected chi connectivity index (χ0v) is 31.3. The molecule has 2 amide bonds. The summed E-state index contributed by atoms with van der Waals surface area (Å²) in [6, 6.07) is 12.9. The SMILES string of the molecule is CC1C=C(n2ncc3c2C=C2CCC4C(C(O)CC5(C)C4CCC5(OC(=O)c4ccco4)C(=O)NCc4ccccc4)C2(C)C3)C=CC1NC(=O)C1CC1. The fraction of sp³-hybridized carbons (Fsp3) is 0.500. The fourth-order valence-corrected chi connectivity index (χ4v) is 11.2. The van der Waals surface area contributed by atoms with Crippen molar-refractivity contribution in [2.75, 3.05) is 0 Å². The van der Waals surface area contributed by atoms with E-state index in [0.29, 0.717) is 25.8 Å². The monoisotopic (exact) mass is 730 g/mol. The molecule has 9 atom stereocenters. The molecule has 0 saturated heterocycles. The highest BCUT2D eigenvalue weighted by Crippen LogP contribution is 2.68. The number of fused-ring (bicyclic) bond motifs is 6. The average molecular weight is 731 g/mol. The van der Waals surface area contributed by atoms with E-state index in [9.17, 15) is 19.5 Å². The second kappa shape index (κ2) is 13.0. The first kappa shape index (κ1) is 35.0. The summed E-state index contributed by atoms with van der Waals surface area (Å²) in [6.45, 7) is 6.81. The minimum Gasteiger partial charge on any atom is -0.457 e. The van der Waals surface area contributed by atoms with E-state index in [2.05, 4.69) is 55.7 Å². The van der Waals surface area contributed by atoms with E-state index in [-0.39, 0.29) is 58.6 Å². The van der Waals surface area contributed by atoms with Gasteiger partial charge in [-0.3, -0.25) is 9.59 Å². The van der Waals surface area contributed by atoms with Crippen LogP contribution >= 0.6 is 0 Å². The van der Waals surface area contributed by atoms with Gasteiger partial charge < -0.3 is 24.9 Å². The first-order valence-corrected chi connectivity index (χ1v) is 19.8. The molecule has 6 aliphatic carbocycles. The van der Waals surface area contributed by atoms with Gasteiger partial charge in [-0.15, -0.1) is 0 Å². The fourth-order valence-electron chi connectivity index (χ4n) is 11.2. The van der Waals surface area contributed by atoms with Crippen molar-refractivity contribution in [2.24, 2.45) is 40.4 Å². The van der Waals surface area contributed by atoms with Crippen LogP contribution in [0.5, 0.6) is 0 Å². The average Bonchev–Trinajstić information content (AvgIpc) is 3.57. The van der Waals surface area contributed by atoms with Gasteiger partial charge in [0.2, 0.25) is 11.7 Å². The highest BCUT2D eigenvalue weighted by atomic mass is 16.6. The minimum absolute atomic E-state index is 0.0263. The molecule has 10 nitrogen and oxygen atoms in total. The summed E-state index contributed by atoms with van der Waals surface area (Å²) < 4.78 is 13.8. The summed E-state index contributed by atoms with van der Waals surface area (Å²) in [4.78, 5) is 40.6. The van der Waals surface area contributed by atoms with Gasteiger partial charge in [0.25, 0.3) is 5.91 Å². The van der Waals surface area contributed by atoms with Crippen LogP contribution in [0, 0.1) is 40.4 Å². The zero-order valence-electron chi connectivity index (χ0n) is 31.3. The number of aliphatic hydroxyl groups excluding tert-OH is 1. The molecule has 1 aromatic carbocycles. The molecule has 4 fully saturated rings. The number of benzene rings is 1. The number of allylic oxidation sites excluding steroid dienone is 3. The van der Waals surface area contributed by atoms with Crippen LogP contribution in [0.4, 0.5) is 0 Å². The topological polar surface area (TPSA) is 136 Å². The largest absolute Gasteiger partial charge is 0.457 e. The summed E-state index contributed by atoms with van der Waals surface area (Å²) in [5.41, 5.74) is 2.95.